The lowest BCUT2D eigenvalue weighted by Crippen LogP contribution is -2.52. The van der Waals surface area contributed by atoms with E-state index in [1.165, 1.54) is 6.07 Å². The molecule has 4 aromatic carbocycles. The fraction of sp³-hybridized carbons (Fsp3) is 0.0714. The Morgan fingerprint density at radius 1 is 1.05 bits per heavy atom. The Kier molecular flexibility index (Phi) is 7.15. The number of carbonyl (C=O) groups is 2. The molecule has 1 aliphatic heterocycles. The number of nitrogens with one attached hydrogen (secondary N) is 2. The van der Waals surface area contributed by atoms with Gasteiger partial charge in [0.2, 0.25) is 0 Å². The molecule has 3 N–H and O–H groups in total. The molecule has 1 heterocycles. The molecule has 0 saturated heterocycles. The number of aromatic hydroxyl groups is 1. The smallest absolute Gasteiger partial charge is 0.276 e. The van der Waals surface area contributed by atoms with Crippen LogP contribution in [-0.4, -0.2) is 26.9 Å². The average molecular weight is 589 g/mol. The molecule has 196 valence electrons. The second kappa shape index (κ2) is 10.8. The van der Waals surface area contributed by atoms with Crippen LogP contribution in [0.25, 0.3) is 0 Å². The minimum atomic E-state index is -1.14. The number of hydrogen-bond acceptors (Lipinski definition) is 7. The SMILES string of the molecule is O=C(NN1C(=O)c2cc(Br)ccc2N[C@@H]1c1cc([N+](=O)[O-])ccc1O)c1ccc(OCc2ccccc2)cc1. The van der Waals surface area contributed by atoms with Crippen molar-refractivity contribution in [3.63, 3.8) is 0 Å². The van der Waals surface area contributed by atoms with Crippen LogP contribution < -0.4 is 15.5 Å². The number of hydrazine groups is 1. The molecule has 1 aliphatic rings. The van der Waals surface area contributed by atoms with Crippen molar-refractivity contribution in [1.82, 2.24) is 10.4 Å². The van der Waals surface area contributed by atoms with Gasteiger partial charge < -0.3 is 15.2 Å². The number of phenolic OH excluding ortho intramolecular Hbond substituents is 1. The first-order chi connectivity index (χ1) is 18.8. The van der Waals surface area contributed by atoms with E-state index in [1.807, 2.05) is 30.3 Å². The third kappa shape index (κ3) is 5.53. The van der Waals surface area contributed by atoms with Gasteiger partial charge in [-0.15, -0.1) is 0 Å². The number of halogens is 1. The summed E-state index contributed by atoms with van der Waals surface area (Å²) in [6, 6.07) is 24.5. The highest BCUT2D eigenvalue weighted by Crippen LogP contribution is 2.38. The number of benzene rings is 4. The summed E-state index contributed by atoms with van der Waals surface area (Å²) < 4.78 is 6.41. The van der Waals surface area contributed by atoms with Crippen LogP contribution in [0.2, 0.25) is 0 Å². The van der Waals surface area contributed by atoms with Gasteiger partial charge in [-0.05, 0) is 54.1 Å². The Balaban J connectivity index is 1.41. The summed E-state index contributed by atoms with van der Waals surface area (Å²) in [6.07, 6.45) is -1.14. The number of hydrogen-bond donors (Lipinski definition) is 3. The fourth-order valence-electron chi connectivity index (χ4n) is 4.10. The van der Waals surface area contributed by atoms with E-state index in [9.17, 15) is 24.8 Å². The van der Waals surface area contributed by atoms with Gasteiger partial charge in [-0.2, -0.15) is 0 Å². The van der Waals surface area contributed by atoms with Gasteiger partial charge in [-0.3, -0.25) is 25.1 Å². The first-order valence-electron chi connectivity index (χ1n) is 11.7. The molecule has 39 heavy (non-hydrogen) atoms. The van der Waals surface area contributed by atoms with Gasteiger partial charge in [0.05, 0.1) is 10.5 Å². The first kappa shape index (κ1) is 25.7. The second-order valence-corrected chi connectivity index (χ2v) is 9.57. The van der Waals surface area contributed by atoms with Crippen LogP contribution in [0.5, 0.6) is 11.5 Å². The maximum atomic E-state index is 13.5. The van der Waals surface area contributed by atoms with Gasteiger partial charge in [0.1, 0.15) is 18.1 Å². The Labute approximate surface area is 231 Å². The molecule has 2 amide bonds. The minimum Gasteiger partial charge on any atom is -0.508 e. The molecular formula is C28H21BrN4O6. The zero-order chi connectivity index (χ0) is 27.5. The summed E-state index contributed by atoms with van der Waals surface area (Å²) in [6.45, 7) is 0.365. The number of nitro benzene ring substituents is 1. The number of nitro groups is 1. The molecule has 0 radical (unpaired) electrons. The molecule has 0 bridgehead atoms. The molecule has 0 spiro atoms. The van der Waals surface area contributed by atoms with Gasteiger partial charge >= 0.3 is 0 Å². The highest BCUT2D eigenvalue weighted by molar-refractivity contribution is 9.10. The maximum Gasteiger partial charge on any atom is 0.276 e. The normalized spacial score (nSPS) is 14.2. The topological polar surface area (TPSA) is 134 Å². The molecule has 1 atom stereocenters. The average Bonchev–Trinajstić information content (AvgIpc) is 2.94. The number of nitrogens with zero attached hydrogens (tertiary/aromatic N) is 2. The van der Waals surface area contributed by atoms with E-state index in [4.69, 9.17) is 4.74 Å². The number of fused-ring (bicyclic) bond motifs is 1. The van der Waals surface area contributed by atoms with Crippen molar-refractivity contribution in [2.75, 3.05) is 5.32 Å². The van der Waals surface area contributed by atoms with Crippen LogP contribution in [0.1, 0.15) is 38.0 Å². The van der Waals surface area contributed by atoms with Crippen molar-refractivity contribution in [1.29, 1.82) is 0 Å². The van der Waals surface area contributed by atoms with E-state index < -0.39 is 22.9 Å². The summed E-state index contributed by atoms with van der Waals surface area (Å²) in [7, 11) is 0. The number of amides is 2. The number of non-ortho nitro benzene ring substituents is 1. The second-order valence-electron chi connectivity index (χ2n) is 8.65. The number of rotatable bonds is 7. The molecule has 11 heteroatoms. The standard InChI is InChI=1S/C28H21BrN4O6/c29-19-8-12-24-22(14-19)28(36)32(26(30-24)23-15-20(33(37)38)9-13-25(23)34)31-27(35)18-6-10-21(11-7-18)39-16-17-4-2-1-3-5-17/h1-15,26,30,34H,16H2,(H,31,35)/t26-/m0/s1. The Morgan fingerprint density at radius 2 is 1.79 bits per heavy atom. The monoisotopic (exact) mass is 588 g/mol. The summed E-state index contributed by atoms with van der Waals surface area (Å²) in [4.78, 5) is 37.5. The van der Waals surface area contributed by atoms with Crippen LogP contribution >= 0.6 is 15.9 Å². The minimum absolute atomic E-state index is 0.0380. The maximum absolute atomic E-state index is 13.5. The van der Waals surface area contributed by atoms with Crippen molar-refractivity contribution >= 4 is 39.1 Å². The molecular weight excluding hydrogens is 568 g/mol. The molecule has 0 unspecified atom stereocenters. The molecule has 0 saturated carbocycles. The van der Waals surface area contributed by atoms with E-state index in [-0.39, 0.29) is 28.1 Å². The van der Waals surface area contributed by atoms with Crippen LogP contribution in [-0.2, 0) is 6.61 Å². The number of carbonyl (C=O) groups excluding carboxylic acids is 2. The largest absolute Gasteiger partial charge is 0.508 e. The number of phenols is 1. The van der Waals surface area contributed by atoms with Gasteiger partial charge in [0, 0.05) is 33.4 Å². The summed E-state index contributed by atoms with van der Waals surface area (Å²) in [5.41, 5.74) is 4.29. The van der Waals surface area contributed by atoms with Gasteiger partial charge in [0.25, 0.3) is 17.5 Å². The van der Waals surface area contributed by atoms with Gasteiger partial charge in [-0.1, -0.05) is 46.3 Å². The van der Waals surface area contributed by atoms with E-state index in [2.05, 4.69) is 26.7 Å². The first-order valence-corrected chi connectivity index (χ1v) is 12.5. The predicted octanol–water partition coefficient (Wildman–Crippen LogP) is 5.55. The van der Waals surface area contributed by atoms with E-state index in [0.29, 0.717) is 22.5 Å². The highest BCUT2D eigenvalue weighted by atomic mass is 79.9. The fourth-order valence-corrected chi connectivity index (χ4v) is 4.46. The van der Waals surface area contributed by atoms with Gasteiger partial charge in [-0.25, -0.2) is 5.01 Å². The van der Waals surface area contributed by atoms with Crippen molar-refractivity contribution in [3.8, 4) is 11.5 Å². The summed E-state index contributed by atoms with van der Waals surface area (Å²) in [5, 5.41) is 26.0. The summed E-state index contributed by atoms with van der Waals surface area (Å²) >= 11 is 3.34. The zero-order valence-electron chi connectivity index (χ0n) is 20.2. The van der Waals surface area contributed by atoms with Crippen LogP contribution in [0, 0.1) is 10.1 Å². The molecule has 4 aromatic rings. The third-order valence-electron chi connectivity index (χ3n) is 6.08. The van der Waals surface area contributed by atoms with E-state index in [0.717, 1.165) is 22.7 Å². The van der Waals surface area contributed by atoms with Gasteiger partial charge in [0.15, 0.2) is 6.17 Å². The van der Waals surface area contributed by atoms with Crippen molar-refractivity contribution in [2.45, 2.75) is 12.8 Å². The van der Waals surface area contributed by atoms with Crippen LogP contribution in [0.3, 0.4) is 0 Å². The van der Waals surface area contributed by atoms with Crippen LogP contribution in [0.4, 0.5) is 11.4 Å². The van der Waals surface area contributed by atoms with Crippen molar-refractivity contribution in [2.24, 2.45) is 0 Å². The number of ether oxygens (including phenoxy) is 1. The Morgan fingerprint density at radius 3 is 2.51 bits per heavy atom. The van der Waals surface area contributed by atoms with Crippen LogP contribution in [0.15, 0.2) is 95.5 Å². The summed E-state index contributed by atoms with van der Waals surface area (Å²) in [5.74, 6) is -0.903. The highest BCUT2D eigenvalue weighted by Gasteiger charge is 2.36. The molecule has 0 fully saturated rings. The lowest BCUT2D eigenvalue weighted by atomic mass is 10.0. The molecule has 10 nitrogen and oxygen atoms in total. The molecule has 0 aromatic heterocycles. The van der Waals surface area contributed by atoms with E-state index >= 15 is 0 Å². The zero-order valence-corrected chi connectivity index (χ0v) is 21.8. The van der Waals surface area contributed by atoms with Crippen molar-refractivity contribution in [3.05, 3.63) is 128 Å². The third-order valence-corrected chi connectivity index (χ3v) is 6.58. The Bertz CT molecular complexity index is 1560. The predicted molar refractivity (Wildman–Crippen MR) is 146 cm³/mol. The Hall–Kier alpha value is -4.90. The molecule has 0 aliphatic carbocycles. The molecule has 5 rings (SSSR count). The lowest BCUT2D eigenvalue weighted by Gasteiger charge is -2.38. The van der Waals surface area contributed by atoms with Crippen molar-refractivity contribution < 1.29 is 24.4 Å². The lowest BCUT2D eigenvalue weighted by molar-refractivity contribution is -0.385. The number of anilines is 1. The van der Waals surface area contributed by atoms with E-state index in [1.54, 1.807) is 42.5 Å². The quantitative estimate of drug-likeness (QED) is 0.190.